The number of carbonyl (C=O) groups is 1. The molecule has 0 fully saturated rings. The lowest BCUT2D eigenvalue weighted by Gasteiger charge is -2.02. The number of nitrogens with one attached hydrogen (secondary N) is 1. The maximum atomic E-state index is 10.6. The van der Waals surface area contributed by atoms with Gasteiger partial charge < -0.3 is 5.32 Å². The van der Waals surface area contributed by atoms with Crippen LogP contribution < -0.4 is 5.32 Å². The van der Waals surface area contributed by atoms with E-state index >= 15 is 0 Å². The Bertz CT molecular complexity index is 198. The Morgan fingerprint density at radius 3 is 2.91 bits per heavy atom. The Labute approximate surface area is 69.2 Å². The van der Waals surface area contributed by atoms with E-state index in [-0.39, 0.29) is 14.3 Å². The third-order valence-corrected chi connectivity index (χ3v) is 5.20. The fraction of sp³-hybridized carbons (Fsp3) is 0.750. The number of hydrogen-bond acceptors (Lipinski definition) is 1. The molecule has 0 saturated carbocycles. The van der Waals surface area contributed by atoms with E-state index in [1.165, 1.54) is 18.9 Å². The van der Waals surface area contributed by atoms with E-state index in [1.54, 1.807) is 12.1 Å². The van der Waals surface area contributed by atoms with Crippen molar-refractivity contribution in [2.45, 2.75) is 32.7 Å². The lowest BCUT2D eigenvalue weighted by Crippen LogP contribution is -2.29. The van der Waals surface area contributed by atoms with Gasteiger partial charge in [-0.25, -0.2) is 0 Å². The molecule has 1 rings (SSSR count). The van der Waals surface area contributed by atoms with Crippen LogP contribution in [0.25, 0.3) is 0 Å². The average molecular weight is 169 g/mol. The molecule has 0 radical (unpaired) electrons. The molecule has 2 nitrogen and oxygen atoms in total. The number of hydrogen-bond donors (Lipinski definition) is 1. The van der Waals surface area contributed by atoms with Crippen LogP contribution in [0.15, 0.2) is 0 Å². The molecule has 0 atom stereocenters. The van der Waals surface area contributed by atoms with Crippen molar-refractivity contribution >= 4 is 19.5 Å². The van der Waals surface area contributed by atoms with Crippen molar-refractivity contribution in [2.24, 2.45) is 0 Å². The molecule has 1 aliphatic rings. The summed E-state index contributed by atoms with van der Waals surface area (Å²) in [5.41, 5.74) is 0. The summed E-state index contributed by atoms with van der Waals surface area (Å²) in [7, 11) is -0.300. The van der Waals surface area contributed by atoms with Crippen molar-refractivity contribution in [1.29, 1.82) is 0 Å². The Hall–Kier alpha value is -0.443. The normalized spacial score (nSPS) is 17.3. The first-order valence-corrected chi connectivity index (χ1v) is 6.03. The highest BCUT2D eigenvalue weighted by Gasteiger charge is 2.10. The van der Waals surface area contributed by atoms with E-state index in [1.807, 2.05) is 0 Å². The molecule has 0 aromatic carbocycles. The van der Waals surface area contributed by atoms with E-state index in [2.05, 4.69) is 12.2 Å². The topological polar surface area (TPSA) is 29.1 Å². The first-order chi connectivity index (χ1) is 5.20. The van der Waals surface area contributed by atoms with Crippen LogP contribution in [0.3, 0.4) is 0 Å². The molecule has 0 saturated heterocycles. The van der Waals surface area contributed by atoms with Crippen molar-refractivity contribution in [3.05, 3.63) is 0 Å². The van der Waals surface area contributed by atoms with Crippen LogP contribution in [0.5, 0.6) is 0 Å². The van der Waals surface area contributed by atoms with Gasteiger partial charge in [0.05, 0.1) is 0 Å². The van der Waals surface area contributed by atoms with Crippen LogP contribution in [0.2, 0.25) is 6.04 Å². The molecule has 11 heavy (non-hydrogen) atoms. The summed E-state index contributed by atoms with van der Waals surface area (Å²) in [6, 6.07) is 1.36. The summed E-state index contributed by atoms with van der Waals surface area (Å²) >= 11 is 0. The molecule has 0 aliphatic carbocycles. The van der Waals surface area contributed by atoms with E-state index in [0.29, 0.717) is 0 Å². The van der Waals surface area contributed by atoms with Gasteiger partial charge in [0.25, 0.3) is 0 Å². The minimum absolute atomic E-state index is 0.113. The summed E-state index contributed by atoms with van der Waals surface area (Å²) in [5, 5.41) is 4.56. The van der Waals surface area contributed by atoms with Crippen LogP contribution >= 0.6 is 0 Å². The molecule has 3 heteroatoms. The van der Waals surface area contributed by atoms with Crippen LogP contribution in [-0.2, 0) is 4.79 Å². The second kappa shape index (κ2) is 3.81. The molecule has 1 heterocycles. The standard InChI is InChI=1S/C8H15NOSi/c1-7-4-3-5-11(7)6-9-8(2)10/h3-6H2,1-2H3,(H,9,10). The SMILES string of the molecule is CC(=O)NC[Si]1=C(C)CCC1. The zero-order valence-corrected chi connectivity index (χ0v) is 8.24. The molecule has 1 aliphatic heterocycles. The van der Waals surface area contributed by atoms with Crippen molar-refractivity contribution in [1.82, 2.24) is 5.32 Å². The van der Waals surface area contributed by atoms with Crippen molar-refractivity contribution < 1.29 is 4.79 Å². The van der Waals surface area contributed by atoms with Crippen molar-refractivity contribution in [2.75, 3.05) is 6.17 Å². The Morgan fingerprint density at radius 2 is 2.45 bits per heavy atom. The van der Waals surface area contributed by atoms with Gasteiger partial charge in [-0.1, -0.05) is 5.17 Å². The Kier molecular flexibility index (Phi) is 2.99. The molecular weight excluding hydrogens is 154 g/mol. The first-order valence-electron chi connectivity index (χ1n) is 4.12. The molecule has 62 valence electrons. The second-order valence-electron chi connectivity index (χ2n) is 3.15. The Balaban J connectivity index is 2.36. The lowest BCUT2D eigenvalue weighted by molar-refractivity contribution is -0.118. The predicted molar refractivity (Wildman–Crippen MR) is 49.2 cm³/mol. The van der Waals surface area contributed by atoms with Crippen molar-refractivity contribution in [3.63, 3.8) is 0 Å². The molecule has 0 spiro atoms. The monoisotopic (exact) mass is 169 g/mol. The van der Waals surface area contributed by atoms with Gasteiger partial charge in [-0.3, -0.25) is 4.79 Å². The summed E-state index contributed by atoms with van der Waals surface area (Å²) in [6.45, 7) is 3.83. The van der Waals surface area contributed by atoms with E-state index in [0.717, 1.165) is 6.17 Å². The number of amides is 1. The van der Waals surface area contributed by atoms with Gasteiger partial charge in [-0.05, 0) is 25.8 Å². The number of rotatable bonds is 2. The molecule has 0 unspecified atom stereocenters. The molecule has 0 aromatic heterocycles. The number of carbonyl (C=O) groups excluding carboxylic acids is 1. The minimum Gasteiger partial charge on any atom is -0.356 e. The van der Waals surface area contributed by atoms with Gasteiger partial charge in [0.1, 0.15) is 0 Å². The van der Waals surface area contributed by atoms with Gasteiger partial charge in [0.15, 0.2) is 0 Å². The zero-order chi connectivity index (χ0) is 8.27. The summed E-state index contributed by atoms with van der Waals surface area (Å²) in [6.07, 6.45) is 3.60. The third-order valence-electron chi connectivity index (χ3n) is 2.18. The van der Waals surface area contributed by atoms with Gasteiger partial charge in [-0.2, -0.15) is 0 Å². The first kappa shape index (κ1) is 8.65. The van der Waals surface area contributed by atoms with Gasteiger partial charge in [0, 0.05) is 21.5 Å². The highest BCUT2D eigenvalue weighted by atomic mass is 28.2. The second-order valence-corrected chi connectivity index (χ2v) is 6.06. The van der Waals surface area contributed by atoms with E-state index in [9.17, 15) is 4.79 Å². The molecule has 1 N–H and O–H groups in total. The van der Waals surface area contributed by atoms with Crippen LogP contribution in [0, 0.1) is 0 Å². The smallest absolute Gasteiger partial charge is 0.216 e. The maximum Gasteiger partial charge on any atom is 0.216 e. The molecule has 0 aromatic rings. The quantitative estimate of drug-likeness (QED) is 0.607. The molecule has 1 amide bonds. The summed E-state index contributed by atoms with van der Waals surface area (Å²) in [5.74, 6) is 0.113. The molecular formula is C8H15NOSi. The molecule has 0 bridgehead atoms. The minimum atomic E-state index is -0.300. The van der Waals surface area contributed by atoms with Crippen molar-refractivity contribution in [3.8, 4) is 0 Å². The highest BCUT2D eigenvalue weighted by Crippen LogP contribution is 2.08. The maximum absolute atomic E-state index is 10.6. The highest BCUT2D eigenvalue weighted by molar-refractivity contribution is 6.72. The summed E-state index contributed by atoms with van der Waals surface area (Å²) in [4.78, 5) is 10.6. The van der Waals surface area contributed by atoms with Gasteiger partial charge >= 0.3 is 0 Å². The fourth-order valence-corrected chi connectivity index (χ4v) is 3.93. The van der Waals surface area contributed by atoms with E-state index in [4.69, 9.17) is 0 Å². The third kappa shape index (κ3) is 2.58. The zero-order valence-electron chi connectivity index (χ0n) is 7.24. The van der Waals surface area contributed by atoms with Crippen LogP contribution in [-0.4, -0.2) is 25.7 Å². The average Bonchev–Trinajstić information content (AvgIpc) is 2.31. The van der Waals surface area contributed by atoms with Crippen LogP contribution in [0.4, 0.5) is 0 Å². The predicted octanol–water partition coefficient (Wildman–Crippen LogP) is 0.724. The van der Waals surface area contributed by atoms with Gasteiger partial charge in [0.2, 0.25) is 5.91 Å². The Morgan fingerprint density at radius 1 is 1.73 bits per heavy atom. The van der Waals surface area contributed by atoms with E-state index < -0.39 is 0 Å². The lowest BCUT2D eigenvalue weighted by atomic mass is 10.3. The van der Waals surface area contributed by atoms with Gasteiger partial charge in [-0.15, -0.1) is 0 Å². The largest absolute Gasteiger partial charge is 0.356 e. The van der Waals surface area contributed by atoms with Crippen LogP contribution in [0.1, 0.15) is 26.7 Å². The summed E-state index contributed by atoms with van der Waals surface area (Å²) < 4.78 is 0. The fourth-order valence-electron chi connectivity index (χ4n) is 1.43.